The SMILES string of the molecule is N#CCCCCN1CCC[C@@H]2CCCC[C@@H]21. The van der Waals surface area contributed by atoms with Crippen LogP contribution in [0.3, 0.4) is 0 Å². The molecule has 2 aliphatic rings. The van der Waals surface area contributed by atoms with Gasteiger partial charge in [-0.25, -0.2) is 0 Å². The summed E-state index contributed by atoms with van der Waals surface area (Å²) >= 11 is 0. The Balaban J connectivity index is 1.76. The number of likely N-dealkylation sites (tertiary alicyclic amines) is 1. The van der Waals surface area contributed by atoms with Crippen LogP contribution in [0.4, 0.5) is 0 Å². The summed E-state index contributed by atoms with van der Waals surface area (Å²) in [5.74, 6) is 0.999. The van der Waals surface area contributed by atoms with E-state index in [1.165, 1.54) is 58.0 Å². The van der Waals surface area contributed by atoms with Crippen LogP contribution >= 0.6 is 0 Å². The van der Waals surface area contributed by atoms with E-state index in [1.807, 2.05) is 0 Å². The van der Waals surface area contributed by atoms with Crippen molar-refractivity contribution < 1.29 is 0 Å². The molecule has 2 atom stereocenters. The molecule has 0 unspecified atom stereocenters. The van der Waals surface area contributed by atoms with Crippen LogP contribution in [0, 0.1) is 17.2 Å². The summed E-state index contributed by atoms with van der Waals surface area (Å²) in [6.07, 6.45) is 11.7. The quantitative estimate of drug-likeness (QED) is 0.679. The molecule has 2 fully saturated rings. The first-order chi connectivity index (χ1) is 7.92. The molecule has 0 aromatic carbocycles. The fraction of sp³-hybridized carbons (Fsp3) is 0.929. The first kappa shape index (κ1) is 11.9. The predicted octanol–water partition coefficient (Wildman–Crippen LogP) is 3.33. The van der Waals surface area contributed by atoms with Crippen molar-refractivity contribution in [1.82, 2.24) is 4.90 Å². The largest absolute Gasteiger partial charge is 0.300 e. The first-order valence-electron chi connectivity index (χ1n) is 7.03. The fourth-order valence-electron chi connectivity index (χ4n) is 3.52. The van der Waals surface area contributed by atoms with Gasteiger partial charge in [0.05, 0.1) is 6.07 Å². The smallest absolute Gasteiger partial charge is 0.0621 e. The van der Waals surface area contributed by atoms with E-state index in [4.69, 9.17) is 5.26 Å². The second kappa shape index (κ2) is 6.25. The highest BCUT2D eigenvalue weighted by atomic mass is 15.2. The summed E-state index contributed by atoms with van der Waals surface area (Å²) in [5.41, 5.74) is 0. The van der Waals surface area contributed by atoms with Crippen molar-refractivity contribution >= 4 is 0 Å². The van der Waals surface area contributed by atoms with Gasteiger partial charge in [0, 0.05) is 12.5 Å². The molecular formula is C14H24N2. The number of nitriles is 1. The molecule has 0 spiro atoms. The Kier molecular flexibility index (Phi) is 4.66. The van der Waals surface area contributed by atoms with Gasteiger partial charge in [-0.3, -0.25) is 0 Å². The number of nitrogens with zero attached hydrogens (tertiary/aromatic N) is 2. The Hall–Kier alpha value is -0.550. The van der Waals surface area contributed by atoms with Crippen molar-refractivity contribution in [2.45, 2.75) is 63.8 Å². The zero-order valence-corrected chi connectivity index (χ0v) is 10.3. The van der Waals surface area contributed by atoms with Gasteiger partial charge in [-0.05, 0) is 57.5 Å². The third-order valence-electron chi connectivity index (χ3n) is 4.34. The van der Waals surface area contributed by atoms with Crippen molar-refractivity contribution in [3.63, 3.8) is 0 Å². The Labute approximate surface area is 99.6 Å². The van der Waals surface area contributed by atoms with Gasteiger partial charge in [-0.15, -0.1) is 0 Å². The molecule has 0 aromatic rings. The van der Waals surface area contributed by atoms with Gasteiger partial charge in [0.2, 0.25) is 0 Å². The zero-order valence-electron chi connectivity index (χ0n) is 10.3. The van der Waals surface area contributed by atoms with Crippen LogP contribution < -0.4 is 0 Å². The molecule has 0 bridgehead atoms. The molecule has 1 saturated heterocycles. The maximum Gasteiger partial charge on any atom is 0.0621 e. The average Bonchev–Trinajstić information content (AvgIpc) is 2.35. The minimum Gasteiger partial charge on any atom is -0.300 e. The summed E-state index contributed by atoms with van der Waals surface area (Å²) in [5, 5.41) is 8.53. The molecule has 0 radical (unpaired) electrons. The van der Waals surface area contributed by atoms with Crippen LogP contribution in [0.1, 0.15) is 57.8 Å². The van der Waals surface area contributed by atoms with Crippen molar-refractivity contribution in [2.75, 3.05) is 13.1 Å². The molecule has 2 rings (SSSR count). The average molecular weight is 220 g/mol. The Morgan fingerprint density at radius 3 is 2.75 bits per heavy atom. The van der Waals surface area contributed by atoms with Gasteiger partial charge < -0.3 is 4.90 Å². The van der Waals surface area contributed by atoms with Crippen molar-refractivity contribution in [1.29, 1.82) is 5.26 Å². The number of rotatable bonds is 4. The molecule has 90 valence electrons. The molecule has 0 N–H and O–H groups in total. The van der Waals surface area contributed by atoms with Gasteiger partial charge in [0.25, 0.3) is 0 Å². The lowest BCUT2D eigenvalue weighted by atomic mass is 9.78. The van der Waals surface area contributed by atoms with Crippen LogP contribution in [0.2, 0.25) is 0 Å². The normalized spacial score (nSPS) is 30.7. The van der Waals surface area contributed by atoms with E-state index in [0.29, 0.717) is 0 Å². The van der Waals surface area contributed by atoms with Gasteiger partial charge in [0.1, 0.15) is 0 Å². The first-order valence-corrected chi connectivity index (χ1v) is 7.03. The lowest BCUT2D eigenvalue weighted by Crippen LogP contribution is -2.46. The number of piperidine rings is 1. The third kappa shape index (κ3) is 2.98. The van der Waals surface area contributed by atoms with Gasteiger partial charge in [0.15, 0.2) is 0 Å². The zero-order chi connectivity index (χ0) is 11.2. The number of fused-ring (bicyclic) bond motifs is 1. The van der Waals surface area contributed by atoms with E-state index >= 15 is 0 Å². The molecule has 0 amide bonds. The molecule has 2 nitrogen and oxygen atoms in total. The second-order valence-electron chi connectivity index (χ2n) is 5.41. The molecule has 1 heterocycles. The minimum atomic E-state index is 0.738. The summed E-state index contributed by atoms with van der Waals surface area (Å²) in [7, 11) is 0. The minimum absolute atomic E-state index is 0.738. The summed E-state index contributed by atoms with van der Waals surface area (Å²) in [6, 6.07) is 3.14. The summed E-state index contributed by atoms with van der Waals surface area (Å²) in [6.45, 7) is 2.55. The van der Waals surface area contributed by atoms with Crippen LogP contribution in [0.25, 0.3) is 0 Å². The van der Waals surface area contributed by atoms with E-state index in [2.05, 4.69) is 11.0 Å². The van der Waals surface area contributed by atoms with Crippen molar-refractivity contribution in [3.05, 3.63) is 0 Å². The van der Waals surface area contributed by atoms with E-state index in [0.717, 1.165) is 24.8 Å². The Bertz CT molecular complexity index is 242. The maximum atomic E-state index is 8.53. The van der Waals surface area contributed by atoms with E-state index in [-0.39, 0.29) is 0 Å². The highest BCUT2D eigenvalue weighted by Gasteiger charge is 2.32. The Morgan fingerprint density at radius 1 is 1.06 bits per heavy atom. The monoisotopic (exact) mass is 220 g/mol. The number of hydrogen-bond acceptors (Lipinski definition) is 2. The molecule has 1 saturated carbocycles. The summed E-state index contributed by atoms with van der Waals surface area (Å²) < 4.78 is 0. The van der Waals surface area contributed by atoms with Crippen molar-refractivity contribution in [3.8, 4) is 6.07 Å². The highest BCUT2D eigenvalue weighted by molar-refractivity contribution is 4.87. The topological polar surface area (TPSA) is 27.0 Å². The van der Waals surface area contributed by atoms with Gasteiger partial charge >= 0.3 is 0 Å². The molecule has 16 heavy (non-hydrogen) atoms. The van der Waals surface area contributed by atoms with Gasteiger partial charge in [-0.2, -0.15) is 5.26 Å². The number of hydrogen-bond donors (Lipinski definition) is 0. The predicted molar refractivity (Wildman–Crippen MR) is 66.0 cm³/mol. The van der Waals surface area contributed by atoms with Crippen LogP contribution in [0.15, 0.2) is 0 Å². The highest BCUT2D eigenvalue weighted by Crippen LogP contribution is 2.35. The Morgan fingerprint density at radius 2 is 1.88 bits per heavy atom. The van der Waals surface area contributed by atoms with E-state index in [1.54, 1.807) is 0 Å². The van der Waals surface area contributed by atoms with Gasteiger partial charge in [-0.1, -0.05) is 12.8 Å². The molecule has 1 aliphatic heterocycles. The van der Waals surface area contributed by atoms with Crippen LogP contribution in [-0.2, 0) is 0 Å². The molecule has 2 heteroatoms. The number of unbranched alkanes of at least 4 members (excludes halogenated alkanes) is 2. The van der Waals surface area contributed by atoms with Crippen molar-refractivity contribution in [2.24, 2.45) is 5.92 Å². The van der Waals surface area contributed by atoms with E-state index in [9.17, 15) is 0 Å². The maximum absolute atomic E-state index is 8.53. The third-order valence-corrected chi connectivity index (χ3v) is 4.34. The van der Waals surface area contributed by atoms with Crippen LogP contribution in [-0.4, -0.2) is 24.0 Å². The van der Waals surface area contributed by atoms with E-state index < -0.39 is 0 Å². The fourth-order valence-corrected chi connectivity index (χ4v) is 3.52. The standard InChI is InChI=1S/C14H24N2/c15-10-4-1-5-11-16-12-6-8-13-7-2-3-9-14(13)16/h13-14H,1-9,11-12H2/t13-,14-/m0/s1. The summed E-state index contributed by atoms with van der Waals surface area (Å²) in [4.78, 5) is 2.73. The lowest BCUT2D eigenvalue weighted by molar-refractivity contribution is 0.0598. The second-order valence-corrected chi connectivity index (χ2v) is 5.41. The molecular weight excluding hydrogens is 196 g/mol. The molecule has 1 aliphatic carbocycles. The molecule has 0 aromatic heterocycles. The van der Waals surface area contributed by atoms with Crippen LogP contribution in [0.5, 0.6) is 0 Å². The lowest BCUT2D eigenvalue weighted by Gasteiger charge is -2.44.